The van der Waals surface area contributed by atoms with Crippen LogP contribution in [0.5, 0.6) is 0 Å². The number of thiophene rings is 1. The minimum atomic E-state index is -3.49. The summed E-state index contributed by atoms with van der Waals surface area (Å²) in [6.07, 6.45) is 2.25. The number of carbonyl (C=O) groups excluding carboxylic acids is 1. The summed E-state index contributed by atoms with van der Waals surface area (Å²) in [7, 11) is -2.13. The van der Waals surface area contributed by atoms with E-state index in [1.165, 1.54) is 24.2 Å². The van der Waals surface area contributed by atoms with Gasteiger partial charge in [-0.1, -0.05) is 17.7 Å². The summed E-state index contributed by atoms with van der Waals surface area (Å²) in [4.78, 5) is 13.0. The second-order valence-corrected chi connectivity index (χ2v) is 9.17. The Morgan fingerprint density at radius 1 is 1.35 bits per heavy atom. The summed E-state index contributed by atoms with van der Waals surface area (Å²) in [6, 6.07) is 8.88. The summed E-state index contributed by atoms with van der Waals surface area (Å²) in [5.41, 5.74) is 2.39. The number of nitrogens with one attached hydrogen (secondary N) is 1. The predicted octanol–water partition coefficient (Wildman–Crippen LogP) is 3.61. The van der Waals surface area contributed by atoms with E-state index in [0.29, 0.717) is 11.3 Å². The lowest BCUT2D eigenvalue weighted by Gasteiger charge is -2.10. The highest BCUT2D eigenvalue weighted by Gasteiger charge is 2.26. The molecule has 1 aromatic carbocycles. The van der Waals surface area contributed by atoms with Crippen LogP contribution in [0.1, 0.15) is 39.6 Å². The summed E-state index contributed by atoms with van der Waals surface area (Å²) in [5, 5.41) is 0.718. The molecule has 3 rings (SSSR count). The number of halogens is 1. The molecule has 122 valence electrons. The molecule has 0 saturated carbocycles. The van der Waals surface area contributed by atoms with Gasteiger partial charge in [0.15, 0.2) is 5.78 Å². The fourth-order valence-corrected chi connectivity index (χ4v) is 5.21. The third kappa shape index (κ3) is 3.35. The van der Waals surface area contributed by atoms with Gasteiger partial charge in [0.05, 0.1) is 4.88 Å². The Morgan fingerprint density at radius 3 is 2.87 bits per heavy atom. The van der Waals surface area contributed by atoms with Crippen LogP contribution in [0, 0.1) is 0 Å². The van der Waals surface area contributed by atoms with Gasteiger partial charge in [-0.25, -0.2) is 13.1 Å². The maximum Gasteiger partial charge on any atom is 0.249 e. The molecule has 4 nitrogen and oxygen atoms in total. The highest BCUT2D eigenvalue weighted by Crippen LogP contribution is 2.38. The molecule has 1 atom stereocenters. The van der Waals surface area contributed by atoms with Crippen LogP contribution in [0.15, 0.2) is 34.5 Å². The Morgan fingerprint density at radius 2 is 2.13 bits per heavy atom. The van der Waals surface area contributed by atoms with Crippen LogP contribution in [0.3, 0.4) is 0 Å². The van der Waals surface area contributed by atoms with Crippen LogP contribution in [0.2, 0.25) is 5.02 Å². The first-order valence-electron chi connectivity index (χ1n) is 7.25. The Bertz CT molecular complexity index is 858. The van der Waals surface area contributed by atoms with Crippen molar-refractivity contribution in [3.8, 4) is 0 Å². The number of rotatable bonds is 5. The van der Waals surface area contributed by atoms with Crippen molar-refractivity contribution in [3.05, 3.63) is 51.4 Å². The van der Waals surface area contributed by atoms with E-state index in [-0.39, 0.29) is 15.9 Å². The summed E-state index contributed by atoms with van der Waals surface area (Å²) >= 11 is 7.02. The van der Waals surface area contributed by atoms with Gasteiger partial charge >= 0.3 is 0 Å². The van der Waals surface area contributed by atoms with Gasteiger partial charge < -0.3 is 0 Å². The highest BCUT2D eigenvalue weighted by molar-refractivity contribution is 7.91. The van der Waals surface area contributed by atoms with E-state index in [1.54, 1.807) is 6.07 Å². The minimum absolute atomic E-state index is 0.0136. The highest BCUT2D eigenvalue weighted by atomic mass is 35.5. The molecule has 1 aromatic heterocycles. The maximum absolute atomic E-state index is 12.5. The zero-order valence-corrected chi connectivity index (χ0v) is 14.9. The van der Waals surface area contributed by atoms with Gasteiger partial charge in [0.1, 0.15) is 4.21 Å². The third-order valence-corrected chi connectivity index (χ3v) is 7.40. The van der Waals surface area contributed by atoms with Gasteiger partial charge in [-0.2, -0.15) is 0 Å². The molecule has 1 aliphatic carbocycles. The molecule has 0 amide bonds. The van der Waals surface area contributed by atoms with Gasteiger partial charge in [-0.05, 0) is 61.2 Å². The molecule has 0 radical (unpaired) electrons. The van der Waals surface area contributed by atoms with E-state index in [2.05, 4.69) is 4.72 Å². The number of fused-ring (bicyclic) bond motifs is 1. The summed E-state index contributed by atoms with van der Waals surface area (Å²) < 4.78 is 25.9. The Kier molecular flexibility index (Phi) is 4.60. The lowest BCUT2D eigenvalue weighted by molar-refractivity contribution is 0.0977. The van der Waals surface area contributed by atoms with Gasteiger partial charge in [0.2, 0.25) is 10.0 Å². The van der Waals surface area contributed by atoms with Gasteiger partial charge in [0.25, 0.3) is 0 Å². The van der Waals surface area contributed by atoms with E-state index in [1.807, 2.05) is 18.2 Å². The predicted molar refractivity (Wildman–Crippen MR) is 92.0 cm³/mol. The van der Waals surface area contributed by atoms with Crippen molar-refractivity contribution in [3.63, 3.8) is 0 Å². The van der Waals surface area contributed by atoms with Gasteiger partial charge in [0, 0.05) is 11.4 Å². The van der Waals surface area contributed by atoms with E-state index < -0.39 is 10.0 Å². The monoisotopic (exact) mass is 369 g/mol. The van der Waals surface area contributed by atoms with Crippen LogP contribution in [0.25, 0.3) is 0 Å². The van der Waals surface area contributed by atoms with Crippen LogP contribution < -0.4 is 4.72 Å². The van der Waals surface area contributed by atoms with E-state index in [4.69, 9.17) is 11.6 Å². The van der Waals surface area contributed by atoms with Crippen LogP contribution >= 0.6 is 22.9 Å². The molecular weight excluding hydrogens is 354 g/mol. The third-order valence-electron chi connectivity index (χ3n) is 4.13. The molecule has 1 N–H and O–H groups in total. The van der Waals surface area contributed by atoms with Crippen molar-refractivity contribution in [2.24, 2.45) is 0 Å². The smallest absolute Gasteiger partial charge is 0.249 e. The van der Waals surface area contributed by atoms with Crippen molar-refractivity contribution < 1.29 is 13.2 Å². The van der Waals surface area contributed by atoms with E-state index >= 15 is 0 Å². The van der Waals surface area contributed by atoms with Gasteiger partial charge in [-0.15, -0.1) is 11.3 Å². The minimum Gasteiger partial charge on any atom is -0.293 e. The van der Waals surface area contributed by atoms with E-state index in [9.17, 15) is 13.2 Å². The summed E-state index contributed by atoms with van der Waals surface area (Å²) in [6.45, 7) is 0. The number of hydrogen-bond donors (Lipinski definition) is 1. The number of ketones is 1. The van der Waals surface area contributed by atoms with Crippen LogP contribution in [-0.4, -0.2) is 21.2 Å². The fraction of sp³-hybridized carbons (Fsp3) is 0.312. The Labute approximate surface area is 144 Å². The summed E-state index contributed by atoms with van der Waals surface area (Å²) in [5.74, 6) is 0.168. The first-order valence-corrected chi connectivity index (χ1v) is 9.93. The molecule has 0 unspecified atom stereocenters. The number of Topliss-reactive ketones (excluding diaryl/α,β-unsaturated/α-hetero) is 1. The lowest BCUT2D eigenvalue weighted by atomic mass is 9.95. The molecule has 0 bridgehead atoms. The number of benzene rings is 1. The molecule has 0 spiro atoms. The lowest BCUT2D eigenvalue weighted by Crippen LogP contribution is -2.17. The average Bonchev–Trinajstić information content (AvgIpc) is 3.15. The molecular formula is C16H16ClNO3S2. The van der Waals surface area contributed by atoms with Crippen LogP contribution in [-0.2, 0) is 16.4 Å². The first kappa shape index (κ1) is 16.6. The standard InChI is InChI=1S/C16H16ClNO3S2/c1-18-23(20,21)16-7-6-15(22-16)14(19)9-11-3-2-10-8-12(17)4-5-13(10)11/h4-8,11,18H,2-3,9H2,1H3/t11-/m0/s1. The van der Waals surface area contributed by atoms with Crippen molar-refractivity contribution in [2.45, 2.75) is 29.4 Å². The molecule has 23 heavy (non-hydrogen) atoms. The fourth-order valence-electron chi connectivity index (χ4n) is 2.93. The number of aryl methyl sites for hydroxylation is 1. The molecule has 1 heterocycles. The second-order valence-electron chi connectivity index (χ2n) is 5.53. The molecule has 0 saturated heterocycles. The van der Waals surface area contributed by atoms with Crippen molar-refractivity contribution >= 4 is 38.7 Å². The van der Waals surface area contributed by atoms with Gasteiger partial charge in [-0.3, -0.25) is 4.79 Å². The number of sulfonamides is 1. The maximum atomic E-state index is 12.5. The Balaban J connectivity index is 1.77. The SMILES string of the molecule is CNS(=O)(=O)c1ccc(C(=O)C[C@@H]2CCc3cc(Cl)ccc32)s1. The number of carbonyl (C=O) groups is 1. The largest absolute Gasteiger partial charge is 0.293 e. The zero-order chi connectivity index (χ0) is 16.6. The molecule has 0 fully saturated rings. The quantitative estimate of drug-likeness (QED) is 0.819. The second kappa shape index (κ2) is 6.36. The average molecular weight is 370 g/mol. The molecule has 1 aliphatic rings. The van der Waals surface area contributed by atoms with Crippen molar-refractivity contribution in [2.75, 3.05) is 7.05 Å². The topological polar surface area (TPSA) is 63.2 Å². The van der Waals surface area contributed by atoms with Crippen LogP contribution in [0.4, 0.5) is 0 Å². The van der Waals surface area contributed by atoms with Crippen molar-refractivity contribution in [1.82, 2.24) is 4.72 Å². The molecule has 2 aromatic rings. The van der Waals surface area contributed by atoms with E-state index in [0.717, 1.165) is 29.2 Å². The number of hydrogen-bond acceptors (Lipinski definition) is 4. The normalized spacial score (nSPS) is 17.2. The zero-order valence-electron chi connectivity index (χ0n) is 12.5. The molecule has 0 aliphatic heterocycles. The first-order chi connectivity index (χ1) is 10.9. The Hall–Kier alpha value is -1.21. The van der Waals surface area contributed by atoms with Crippen molar-refractivity contribution in [1.29, 1.82) is 0 Å². The molecule has 7 heteroatoms.